The number of halogens is 4. The molecule has 17 heavy (non-hydrogen) atoms. The number of benzene rings is 1. The third kappa shape index (κ3) is 4.13. The average molecular weight is 252 g/mol. The van der Waals surface area contributed by atoms with Crippen molar-refractivity contribution < 1.29 is 27.0 Å². The van der Waals surface area contributed by atoms with Crippen LogP contribution in [0.15, 0.2) is 18.2 Å². The maximum Gasteiger partial charge on any atom is 0.387 e. The molecule has 6 heteroatoms. The largest absolute Gasteiger partial charge is 0.435 e. The van der Waals surface area contributed by atoms with E-state index in [4.69, 9.17) is 0 Å². The molecule has 1 aromatic rings. The highest BCUT2D eigenvalue weighted by molar-refractivity contribution is 5.42. The first-order valence-electron chi connectivity index (χ1n) is 4.93. The van der Waals surface area contributed by atoms with Crippen LogP contribution in [0.2, 0.25) is 0 Å². The third-order valence-electron chi connectivity index (χ3n) is 2.05. The topological polar surface area (TPSA) is 18.5 Å². The third-order valence-corrected chi connectivity index (χ3v) is 2.05. The molecule has 0 fully saturated rings. The van der Waals surface area contributed by atoms with Gasteiger partial charge in [-0.05, 0) is 17.5 Å². The summed E-state index contributed by atoms with van der Waals surface area (Å²) in [6.45, 7) is -2.45. The SMILES string of the molecule is CC(C)c1ccc(OC(F)F)cc1OC(F)F. The van der Waals surface area contributed by atoms with E-state index in [1.807, 2.05) is 0 Å². The maximum absolute atomic E-state index is 12.1. The van der Waals surface area contributed by atoms with E-state index in [0.29, 0.717) is 5.56 Å². The molecular weight excluding hydrogens is 240 g/mol. The summed E-state index contributed by atoms with van der Waals surface area (Å²) in [4.78, 5) is 0. The van der Waals surface area contributed by atoms with Crippen LogP contribution in [0, 0.1) is 0 Å². The van der Waals surface area contributed by atoms with Gasteiger partial charge in [-0.25, -0.2) is 0 Å². The van der Waals surface area contributed by atoms with Crippen molar-refractivity contribution in [3.8, 4) is 11.5 Å². The van der Waals surface area contributed by atoms with Crippen LogP contribution in [0.5, 0.6) is 11.5 Å². The minimum Gasteiger partial charge on any atom is -0.435 e. The first-order chi connectivity index (χ1) is 7.90. The lowest BCUT2D eigenvalue weighted by atomic mass is 10.0. The second kappa shape index (κ2) is 5.75. The fourth-order valence-electron chi connectivity index (χ4n) is 1.37. The van der Waals surface area contributed by atoms with E-state index in [0.717, 1.165) is 6.07 Å². The van der Waals surface area contributed by atoms with Gasteiger partial charge in [0.1, 0.15) is 11.5 Å². The van der Waals surface area contributed by atoms with Gasteiger partial charge in [0.15, 0.2) is 0 Å². The molecule has 1 rings (SSSR count). The Morgan fingerprint density at radius 3 is 2.00 bits per heavy atom. The van der Waals surface area contributed by atoms with Crippen LogP contribution in [0.3, 0.4) is 0 Å². The first kappa shape index (κ1) is 13.6. The van der Waals surface area contributed by atoms with Crippen molar-refractivity contribution in [1.82, 2.24) is 0 Å². The van der Waals surface area contributed by atoms with Gasteiger partial charge < -0.3 is 9.47 Å². The number of alkyl halides is 4. The molecule has 0 amide bonds. The molecule has 0 aromatic heterocycles. The monoisotopic (exact) mass is 252 g/mol. The van der Waals surface area contributed by atoms with Crippen molar-refractivity contribution in [2.24, 2.45) is 0 Å². The van der Waals surface area contributed by atoms with E-state index in [2.05, 4.69) is 9.47 Å². The summed E-state index contributed by atoms with van der Waals surface area (Å²) in [5, 5.41) is 0. The maximum atomic E-state index is 12.1. The smallest absolute Gasteiger partial charge is 0.387 e. The molecule has 0 heterocycles. The Morgan fingerprint density at radius 2 is 1.53 bits per heavy atom. The molecule has 0 bridgehead atoms. The van der Waals surface area contributed by atoms with Crippen molar-refractivity contribution in [1.29, 1.82) is 0 Å². The predicted molar refractivity (Wildman–Crippen MR) is 53.8 cm³/mol. The van der Waals surface area contributed by atoms with Gasteiger partial charge in [0.05, 0.1) is 0 Å². The molecule has 0 N–H and O–H groups in total. The molecule has 0 radical (unpaired) electrons. The molecule has 0 spiro atoms. The van der Waals surface area contributed by atoms with E-state index in [1.165, 1.54) is 12.1 Å². The van der Waals surface area contributed by atoms with Crippen LogP contribution in [0.1, 0.15) is 25.3 Å². The average Bonchev–Trinajstić information content (AvgIpc) is 2.15. The predicted octanol–water partition coefficient (Wildman–Crippen LogP) is 4.01. The van der Waals surface area contributed by atoms with E-state index in [1.54, 1.807) is 13.8 Å². The zero-order valence-corrected chi connectivity index (χ0v) is 9.29. The van der Waals surface area contributed by atoms with Gasteiger partial charge in [0.25, 0.3) is 0 Å². The molecule has 0 unspecified atom stereocenters. The van der Waals surface area contributed by atoms with Gasteiger partial charge in [-0.15, -0.1) is 0 Å². The minimum atomic E-state index is -3.01. The number of hydrogen-bond donors (Lipinski definition) is 0. The quantitative estimate of drug-likeness (QED) is 0.737. The van der Waals surface area contributed by atoms with E-state index in [-0.39, 0.29) is 17.4 Å². The van der Waals surface area contributed by atoms with Gasteiger partial charge >= 0.3 is 13.2 Å². The van der Waals surface area contributed by atoms with Crippen LogP contribution in [-0.4, -0.2) is 13.2 Å². The molecule has 1 aromatic carbocycles. The van der Waals surface area contributed by atoms with Gasteiger partial charge in [0.2, 0.25) is 0 Å². The van der Waals surface area contributed by atoms with Crippen molar-refractivity contribution >= 4 is 0 Å². The zero-order chi connectivity index (χ0) is 13.0. The van der Waals surface area contributed by atoms with Crippen LogP contribution >= 0.6 is 0 Å². The van der Waals surface area contributed by atoms with Crippen molar-refractivity contribution in [2.75, 3.05) is 0 Å². The Balaban J connectivity index is 3.01. The highest BCUT2D eigenvalue weighted by Gasteiger charge is 2.15. The van der Waals surface area contributed by atoms with Crippen LogP contribution < -0.4 is 9.47 Å². The Kier molecular flexibility index (Phi) is 4.60. The summed E-state index contributed by atoms with van der Waals surface area (Å²) < 4.78 is 56.6. The van der Waals surface area contributed by atoms with Crippen molar-refractivity contribution in [2.45, 2.75) is 33.0 Å². The molecule has 2 nitrogen and oxygen atoms in total. The summed E-state index contributed by atoms with van der Waals surface area (Å²) in [5.41, 5.74) is 0.506. The summed E-state index contributed by atoms with van der Waals surface area (Å²) in [5.74, 6) is -0.419. The summed E-state index contributed by atoms with van der Waals surface area (Å²) in [6, 6.07) is 3.76. The van der Waals surface area contributed by atoms with Crippen molar-refractivity contribution in [3.05, 3.63) is 23.8 Å². The Bertz CT molecular complexity index is 366. The fraction of sp³-hybridized carbons (Fsp3) is 0.455. The molecular formula is C11H12F4O2. The number of rotatable bonds is 5. The lowest BCUT2D eigenvalue weighted by molar-refractivity contribution is -0.0547. The standard InChI is InChI=1S/C11H12F4O2/c1-6(2)8-4-3-7(16-10(12)13)5-9(8)17-11(14)15/h3-6,10-11H,1-2H3. The lowest BCUT2D eigenvalue weighted by Crippen LogP contribution is -2.07. The Morgan fingerprint density at radius 1 is 0.941 bits per heavy atom. The number of hydrogen-bond acceptors (Lipinski definition) is 2. The first-order valence-corrected chi connectivity index (χ1v) is 4.93. The van der Waals surface area contributed by atoms with Crippen molar-refractivity contribution in [3.63, 3.8) is 0 Å². The second-order valence-electron chi connectivity index (χ2n) is 3.61. The highest BCUT2D eigenvalue weighted by atomic mass is 19.3. The van der Waals surface area contributed by atoms with Crippen LogP contribution in [0.4, 0.5) is 17.6 Å². The van der Waals surface area contributed by atoms with Gasteiger partial charge in [-0.1, -0.05) is 19.9 Å². The van der Waals surface area contributed by atoms with E-state index < -0.39 is 13.2 Å². The van der Waals surface area contributed by atoms with Gasteiger partial charge in [0, 0.05) is 6.07 Å². The van der Waals surface area contributed by atoms with Crippen LogP contribution in [0.25, 0.3) is 0 Å². The fourth-order valence-corrected chi connectivity index (χ4v) is 1.37. The highest BCUT2D eigenvalue weighted by Crippen LogP contribution is 2.32. The second-order valence-corrected chi connectivity index (χ2v) is 3.61. The molecule has 0 saturated carbocycles. The van der Waals surface area contributed by atoms with E-state index in [9.17, 15) is 17.6 Å². The Hall–Kier alpha value is -1.46. The molecule has 0 atom stereocenters. The molecule has 0 aliphatic carbocycles. The molecule has 96 valence electrons. The summed E-state index contributed by atoms with van der Waals surface area (Å²) in [6.07, 6.45) is 0. The molecule has 0 aliphatic rings. The zero-order valence-electron chi connectivity index (χ0n) is 9.29. The summed E-state index contributed by atoms with van der Waals surface area (Å²) >= 11 is 0. The van der Waals surface area contributed by atoms with Gasteiger partial charge in [-0.3, -0.25) is 0 Å². The van der Waals surface area contributed by atoms with Gasteiger partial charge in [-0.2, -0.15) is 17.6 Å². The molecule has 0 saturated heterocycles. The Labute approximate surface area is 96.1 Å². The molecule has 0 aliphatic heterocycles. The number of ether oxygens (including phenoxy) is 2. The normalized spacial score (nSPS) is 11.4. The van der Waals surface area contributed by atoms with E-state index >= 15 is 0 Å². The minimum absolute atomic E-state index is 0.0654. The lowest BCUT2D eigenvalue weighted by Gasteiger charge is -2.15. The summed E-state index contributed by atoms with van der Waals surface area (Å²) in [7, 11) is 0. The van der Waals surface area contributed by atoms with Crippen LogP contribution in [-0.2, 0) is 0 Å².